The first kappa shape index (κ1) is 14.9. The van der Waals surface area contributed by atoms with E-state index in [1.807, 2.05) is 6.92 Å². The number of hydrogen-bond donors (Lipinski definition) is 2. The molecule has 0 aromatic heterocycles. The van der Waals surface area contributed by atoms with Gasteiger partial charge in [-0.1, -0.05) is 6.92 Å². The Kier molecular flexibility index (Phi) is 6.40. The molecule has 1 heterocycles. The van der Waals surface area contributed by atoms with Crippen LogP contribution in [0.25, 0.3) is 0 Å². The molecule has 0 bridgehead atoms. The number of nitrogens with one attached hydrogen (secondary N) is 2. The smallest absolute Gasteiger partial charge is 0.215 e. The zero-order valence-electron chi connectivity index (χ0n) is 10.9. The number of hydrogen-bond acceptors (Lipinski definition) is 4. The molecule has 1 aliphatic rings. The van der Waals surface area contributed by atoms with E-state index in [0.29, 0.717) is 13.1 Å². The highest BCUT2D eigenvalue weighted by Gasteiger charge is 2.20. The zero-order valence-corrected chi connectivity index (χ0v) is 11.7. The summed E-state index contributed by atoms with van der Waals surface area (Å²) in [5.74, 6) is 0. The van der Waals surface area contributed by atoms with Crippen LogP contribution in [0.3, 0.4) is 0 Å². The van der Waals surface area contributed by atoms with E-state index in [0.717, 1.165) is 26.2 Å². The Bertz CT molecular complexity index is 300. The molecular weight excluding hydrogens is 238 g/mol. The minimum absolute atomic E-state index is 0.374. The molecule has 0 spiro atoms. The van der Waals surface area contributed by atoms with E-state index in [4.69, 9.17) is 0 Å². The van der Waals surface area contributed by atoms with Gasteiger partial charge in [-0.3, -0.25) is 0 Å². The Morgan fingerprint density at radius 3 is 2.53 bits per heavy atom. The van der Waals surface area contributed by atoms with Crippen molar-refractivity contribution < 1.29 is 8.42 Å². The first-order chi connectivity index (χ1) is 8.06. The van der Waals surface area contributed by atoms with Crippen LogP contribution < -0.4 is 10.0 Å². The van der Waals surface area contributed by atoms with Gasteiger partial charge in [-0.05, 0) is 39.4 Å². The summed E-state index contributed by atoms with van der Waals surface area (Å²) in [5, 5.41) is 2.68. The van der Waals surface area contributed by atoms with Crippen molar-refractivity contribution in [3.8, 4) is 0 Å². The molecule has 0 aliphatic carbocycles. The molecule has 1 atom stereocenters. The molecule has 0 aromatic rings. The highest BCUT2D eigenvalue weighted by molar-refractivity contribution is 7.90. The molecule has 1 saturated heterocycles. The summed E-state index contributed by atoms with van der Waals surface area (Å²) in [5.41, 5.74) is 0. The van der Waals surface area contributed by atoms with Crippen LogP contribution in [0.1, 0.15) is 26.7 Å². The van der Waals surface area contributed by atoms with Crippen molar-refractivity contribution in [2.45, 2.75) is 31.9 Å². The lowest BCUT2D eigenvalue weighted by Gasteiger charge is -2.17. The van der Waals surface area contributed by atoms with Crippen molar-refractivity contribution in [3.05, 3.63) is 0 Å². The second kappa shape index (κ2) is 7.31. The summed E-state index contributed by atoms with van der Waals surface area (Å²) >= 11 is 0. The molecule has 17 heavy (non-hydrogen) atoms. The molecule has 6 heteroatoms. The predicted molar refractivity (Wildman–Crippen MR) is 70.6 cm³/mol. The third kappa shape index (κ3) is 5.33. The van der Waals surface area contributed by atoms with E-state index < -0.39 is 10.0 Å². The fraction of sp³-hybridized carbons (Fsp3) is 1.00. The van der Waals surface area contributed by atoms with E-state index in [1.54, 1.807) is 6.92 Å². The lowest BCUT2D eigenvalue weighted by Crippen LogP contribution is -2.41. The summed E-state index contributed by atoms with van der Waals surface area (Å²) in [6, 6.07) is 0. The van der Waals surface area contributed by atoms with Crippen molar-refractivity contribution in [2.75, 3.05) is 39.3 Å². The molecule has 1 fully saturated rings. The third-order valence-corrected chi connectivity index (χ3v) is 4.97. The van der Waals surface area contributed by atoms with Gasteiger partial charge in [0.2, 0.25) is 10.0 Å². The van der Waals surface area contributed by atoms with Crippen LogP contribution in [0, 0.1) is 0 Å². The zero-order chi connectivity index (χ0) is 12.7. The van der Waals surface area contributed by atoms with Gasteiger partial charge in [0, 0.05) is 19.6 Å². The molecule has 2 N–H and O–H groups in total. The van der Waals surface area contributed by atoms with E-state index in [9.17, 15) is 8.42 Å². The van der Waals surface area contributed by atoms with Gasteiger partial charge in [0.05, 0.1) is 5.25 Å². The normalized spacial score (nSPS) is 19.6. The average molecular weight is 263 g/mol. The molecule has 1 rings (SSSR count). The lowest BCUT2D eigenvalue weighted by molar-refractivity contribution is 0.344. The van der Waals surface area contributed by atoms with Crippen molar-refractivity contribution >= 4 is 10.0 Å². The molecule has 5 nitrogen and oxygen atoms in total. The Labute approximate surface area is 105 Å². The average Bonchev–Trinajstić information content (AvgIpc) is 2.78. The maximum atomic E-state index is 11.8. The maximum Gasteiger partial charge on any atom is 0.215 e. The van der Waals surface area contributed by atoms with E-state index in [1.165, 1.54) is 12.8 Å². The van der Waals surface area contributed by atoms with Gasteiger partial charge < -0.3 is 10.2 Å². The van der Waals surface area contributed by atoms with Crippen LogP contribution in [-0.2, 0) is 10.0 Å². The predicted octanol–water partition coefficient (Wildman–Crippen LogP) is -0.000400. The highest BCUT2D eigenvalue weighted by Crippen LogP contribution is 2.06. The van der Waals surface area contributed by atoms with Crippen LogP contribution in [0.15, 0.2) is 0 Å². The fourth-order valence-corrected chi connectivity index (χ4v) is 2.95. The summed E-state index contributed by atoms with van der Waals surface area (Å²) in [4.78, 5) is 2.30. The Hall–Kier alpha value is -0.170. The topological polar surface area (TPSA) is 61.4 Å². The van der Waals surface area contributed by atoms with E-state index in [2.05, 4.69) is 14.9 Å². The molecule has 0 amide bonds. The number of rotatable bonds is 8. The van der Waals surface area contributed by atoms with Crippen LogP contribution in [0.2, 0.25) is 0 Å². The van der Waals surface area contributed by atoms with Gasteiger partial charge in [-0.25, -0.2) is 13.1 Å². The molecule has 102 valence electrons. The van der Waals surface area contributed by atoms with E-state index >= 15 is 0 Å². The summed E-state index contributed by atoms with van der Waals surface area (Å²) < 4.78 is 26.4. The van der Waals surface area contributed by atoms with Crippen molar-refractivity contribution in [1.29, 1.82) is 0 Å². The first-order valence-electron chi connectivity index (χ1n) is 6.48. The quantitative estimate of drug-likeness (QED) is 0.647. The number of nitrogens with zero attached hydrogens (tertiary/aromatic N) is 1. The summed E-state index contributed by atoms with van der Waals surface area (Å²) in [6.07, 6.45) is 2.48. The SMILES string of the molecule is CCNCC(C)S(=O)(=O)NCCN1CCCC1. The Balaban J connectivity index is 2.23. The largest absolute Gasteiger partial charge is 0.316 e. The molecular formula is C11H25N3O2S. The van der Waals surface area contributed by atoms with Crippen LogP contribution in [0.5, 0.6) is 0 Å². The third-order valence-electron chi connectivity index (χ3n) is 3.14. The van der Waals surface area contributed by atoms with Gasteiger partial charge >= 0.3 is 0 Å². The van der Waals surface area contributed by atoms with Gasteiger partial charge in [-0.2, -0.15) is 0 Å². The number of likely N-dealkylation sites (tertiary alicyclic amines) is 1. The van der Waals surface area contributed by atoms with Gasteiger partial charge in [0.15, 0.2) is 0 Å². The second-order valence-corrected chi connectivity index (χ2v) is 6.79. The first-order valence-corrected chi connectivity index (χ1v) is 8.02. The Morgan fingerprint density at radius 2 is 1.94 bits per heavy atom. The molecule has 0 radical (unpaired) electrons. The maximum absolute atomic E-state index is 11.8. The Morgan fingerprint density at radius 1 is 1.29 bits per heavy atom. The molecule has 1 aliphatic heterocycles. The van der Waals surface area contributed by atoms with Gasteiger partial charge in [-0.15, -0.1) is 0 Å². The molecule has 0 saturated carbocycles. The number of sulfonamides is 1. The standard InChI is InChI=1S/C11H25N3O2S/c1-3-12-10-11(2)17(15,16)13-6-9-14-7-4-5-8-14/h11-13H,3-10H2,1-2H3. The minimum atomic E-state index is -3.16. The van der Waals surface area contributed by atoms with E-state index in [-0.39, 0.29) is 5.25 Å². The monoisotopic (exact) mass is 263 g/mol. The van der Waals surface area contributed by atoms with Gasteiger partial charge in [0.25, 0.3) is 0 Å². The van der Waals surface area contributed by atoms with Crippen molar-refractivity contribution in [3.63, 3.8) is 0 Å². The second-order valence-electron chi connectivity index (χ2n) is 4.61. The minimum Gasteiger partial charge on any atom is -0.316 e. The fourth-order valence-electron chi connectivity index (χ4n) is 1.95. The van der Waals surface area contributed by atoms with Crippen molar-refractivity contribution in [1.82, 2.24) is 14.9 Å². The molecule has 0 aromatic carbocycles. The lowest BCUT2D eigenvalue weighted by atomic mass is 10.4. The summed E-state index contributed by atoms with van der Waals surface area (Å²) in [6.45, 7) is 8.58. The van der Waals surface area contributed by atoms with Crippen LogP contribution in [0.4, 0.5) is 0 Å². The molecule has 1 unspecified atom stereocenters. The van der Waals surface area contributed by atoms with Crippen LogP contribution in [-0.4, -0.2) is 57.8 Å². The van der Waals surface area contributed by atoms with Gasteiger partial charge in [0.1, 0.15) is 0 Å². The van der Waals surface area contributed by atoms with Crippen molar-refractivity contribution in [2.24, 2.45) is 0 Å². The summed E-state index contributed by atoms with van der Waals surface area (Å²) in [7, 11) is -3.16. The van der Waals surface area contributed by atoms with Crippen LogP contribution >= 0.6 is 0 Å². The highest BCUT2D eigenvalue weighted by atomic mass is 32.2.